The van der Waals surface area contributed by atoms with Gasteiger partial charge in [-0.2, -0.15) is 0 Å². The number of nitrogens with one attached hydrogen (secondary N) is 1. The van der Waals surface area contributed by atoms with Crippen LogP contribution in [-0.4, -0.2) is 31.1 Å². The van der Waals surface area contributed by atoms with Crippen molar-refractivity contribution in [1.82, 2.24) is 0 Å². The number of nitrogens with zero attached hydrogens (tertiary/aromatic N) is 1. The van der Waals surface area contributed by atoms with E-state index in [1.165, 1.54) is 12.1 Å². The number of benzene rings is 2. The highest BCUT2D eigenvalue weighted by Crippen LogP contribution is 2.29. The molecule has 2 aliphatic heterocycles. The molecule has 1 fully saturated rings. The molecule has 2 aromatic rings. The normalized spacial score (nSPS) is 18.9. The van der Waals surface area contributed by atoms with E-state index in [2.05, 4.69) is 5.32 Å². The molecule has 0 unspecified atom stereocenters. The number of carbonyl (C=O) groups is 2. The number of ether oxygens (including phenoxy) is 1. The van der Waals surface area contributed by atoms with Crippen LogP contribution in [0.1, 0.15) is 35.2 Å². The highest BCUT2D eigenvalue weighted by molar-refractivity contribution is 6.07. The standard InChI is InChI=1S/C21H21FN2O3/c22-16-8-9-18-14(12-16)5-2-10-24(18)21(26)15-4-1-6-17(13-15)23-20(25)19-7-3-11-27-19/h1,4,6,8-9,12-13,19H,2-3,5,7,10-11H2,(H,23,25)/t19-/m1/s1. The van der Waals surface area contributed by atoms with Crippen molar-refractivity contribution in [2.24, 2.45) is 0 Å². The summed E-state index contributed by atoms with van der Waals surface area (Å²) in [4.78, 5) is 26.9. The molecule has 140 valence electrons. The highest BCUT2D eigenvalue weighted by Gasteiger charge is 2.26. The Hall–Kier alpha value is -2.73. The van der Waals surface area contributed by atoms with E-state index in [1.807, 2.05) is 0 Å². The number of fused-ring (bicyclic) bond motifs is 1. The largest absolute Gasteiger partial charge is 0.368 e. The summed E-state index contributed by atoms with van der Waals surface area (Å²) in [5.41, 5.74) is 2.65. The van der Waals surface area contributed by atoms with Crippen LogP contribution < -0.4 is 10.2 Å². The molecule has 0 radical (unpaired) electrons. The van der Waals surface area contributed by atoms with E-state index in [0.717, 1.165) is 30.5 Å². The van der Waals surface area contributed by atoms with Crippen LogP contribution >= 0.6 is 0 Å². The maximum Gasteiger partial charge on any atom is 0.258 e. The van der Waals surface area contributed by atoms with Crippen molar-refractivity contribution in [3.63, 3.8) is 0 Å². The minimum Gasteiger partial charge on any atom is -0.368 e. The molecule has 6 heteroatoms. The van der Waals surface area contributed by atoms with Gasteiger partial charge in [0, 0.05) is 30.1 Å². The number of anilines is 2. The summed E-state index contributed by atoms with van der Waals surface area (Å²) in [7, 11) is 0. The van der Waals surface area contributed by atoms with Gasteiger partial charge in [-0.1, -0.05) is 6.07 Å². The Bertz CT molecular complexity index is 877. The molecule has 1 saturated heterocycles. The van der Waals surface area contributed by atoms with Crippen LogP contribution in [-0.2, 0) is 16.0 Å². The SMILES string of the molecule is O=C(Nc1cccc(C(=O)N2CCCc3cc(F)ccc32)c1)[C@H]1CCCO1. The number of halogens is 1. The summed E-state index contributed by atoms with van der Waals surface area (Å²) in [6.07, 6.45) is 2.72. The summed E-state index contributed by atoms with van der Waals surface area (Å²) in [5, 5.41) is 2.82. The molecule has 2 aromatic carbocycles. The molecule has 1 N–H and O–H groups in total. The monoisotopic (exact) mass is 368 g/mol. The second-order valence-corrected chi connectivity index (χ2v) is 6.91. The second kappa shape index (κ2) is 7.48. The maximum atomic E-state index is 13.5. The van der Waals surface area contributed by atoms with Gasteiger partial charge in [0.25, 0.3) is 11.8 Å². The molecule has 0 aromatic heterocycles. The predicted octanol–water partition coefficient (Wildman–Crippen LogP) is 3.54. The molecule has 1 atom stereocenters. The van der Waals surface area contributed by atoms with Crippen LogP contribution in [0, 0.1) is 5.82 Å². The summed E-state index contributed by atoms with van der Waals surface area (Å²) in [6, 6.07) is 11.4. The van der Waals surface area contributed by atoms with Crippen molar-refractivity contribution in [3.8, 4) is 0 Å². The van der Waals surface area contributed by atoms with Crippen molar-refractivity contribution < 1.29 is 18.7 Å². The van der Waals surface area contributed by atoms with E-state index in [1.54, 1.807) is 35.2 Å². The number of hydrogen-bond donors (Lipinski definition) is 1. The summed E-state index contributed by atoms with van der Waals surface area (Å²) in [6.45, 7) is 1.19. The summed E-state index contributed by atoms with van der Waals surface area (Å²) >= 11 is 0. The topological polar surface area (TPSA) is 58.6 Å². The quantitative estimate of drug-likeness (QED) is 0.902. The fourth-order valence-electron chi connectivity index (χ4n) is 3.67. The molecule has 0 saturated carbocycles. The average Bonchev–Trinajstić information content (AvgIpc) is 3.22. The summed E-state index contributed by atoms with van der Waals surface area (Å²) < 4.78 is 18.9. The van der Waals surface area contributed by atoms with Gasteiger partial charge in [0.15, 0.2) is 0 Å². The Morgan fingerprint density at radius 1 is 1.15 bits per heavy atom. The molecule has 2 heterocycles. The number of aryl methyl sites for hydroxylation is 1. The van der Waals surface area contributed by atoms with Crippen molar-refractivity contribution in [3.05, 3.63) is 59.4 Å². The zero-order chi connectivity index (χ0) is 18.8. The van der Waals surface area contributed by atoms with Crippen LogP contribution in [0.5, 0.6) is 0 Å². The predicted molar refractivity (Wildman–Crippen MR) is 100 cm³/mol. The molecule has 0 spiro atoms. The van der Waals surface area contributed by atoms with E-state index in [4.69, 9.17) is 4.74 Å². The van der Waals surface area contributed by atoms with Gasteiger partial charge >= 0.3 is 0 Å². The minimum absolute atomic E-state index is 0.157. The fraction of sp³-hybridized carbons (Fsp3) is 0.333. The molecular weight excluding hydrogens is 347 g/mol. The Kier molecular flexibility index (Phi) is 4.90. The van der Waals surface area contributed by atoms with Gasteiger partial charge in [-0.05, 0) is 67.6 Å². The first-order chi connectivity index (χ1) is 13.1. The van der Waals surface area contributed by atoms with Crippen LogP contribution in [0.25, 0.3) is 0 Å². The first-order valence-electron chi connectivity index (χ1n) is 9.24. The fourth-order valence-corrected chi connectivity index (χ4v) is 3.67. The van der Waals surface area contributed by atoms with Crippen molar-refractivity contribution in [2.45, 2.75) is 31.8 Å². The van der Waals surface area contributed by atoms with E-state index in [9.17, 15) is 14.0 Å². The van der Waals surface area contributed by atoms with Crippen molar-refractivity contribution in [1.29, 1.82) is 0 Å². The van der Waals surface area contributed by atoms with Gasteiger partial charge in [0.1, 0.15) is 11.9 Å². The number of carbonyl (C=O) groups excluding carboxylic acids is 2. The zero-order valence-corrected chi connectivity index (χ0v) is 14.9. The lowest BCUT2D eigenvalue weighted by atomic mass is 10.0. The highest BCUT2D eigenvalue weighted by atomic mass is 19.1. The molecule has 27 heavy (non-hydrogen) atoms. The Morgan fingerprint density at radius 3 is 2.85 bits per heavy atom. The first kappa shape index (κ1) is 17.7. The summed E-state index contributed by atoms with van der Waals surface area (Å²) in [5.74, 6) is -0.631. The molecule has 5 nitrogen and oxygen atoms in total. The van der Waals surface area contributed by atoms with Gasteiger partial charge < -0.3 is 15.0 Å². The molecule has 0 aliphatic carbocycles. The number of hydrogen-bond acceptors (Lipinski definition) is 3. The Morgan fingerprint density at radius 2 is 2.04 bits per heavy atom. The smallest absolute Gasteiger partial charge is 0.258 e. The van der Waals surface area contributed by atoms with Gasteiger partial charge in [0.2, 0.25) is 0 Å². The zero-order valence-electron chi connectivity index (χ0n) is 14.9. The van der Waals surface area contributed by atoms with Crippen molar-refractivity contribution >= 4 is 23.2 Å². The molecule has 2 amide bonds. The lowest BCUT2D eigenvalue weighted by Gasteiger charge is -2.29. The van der Waals surface area contributed by atoms with E-state index in [-0.39, 0.29) is 17.6 Å². The number of rotatable bonds is 3. The third-order valence-electron chi connectivity index (χ3n) is 5.00. The lowest BCUT2D eigenvalue weighted by molar-refractivity contribution is -0.124. The van der Waals surface area contributed by atoms with E-state index < -0.39 is 6.10 Å². The van der Waals surface area contributed by atoms with Gasteiger partial charge in [0.05, 0.1) is 0 Å². The molecule has 4 rings (SSSR count). The average molecular weight is 368 g/mol. The second-order valence-electron chi connectivity index (χ2n) is 6.91. The lowest BCUT2D eigenvalue weighted by Crippen LogP contribution is -2.35. The van der Waals surface area contributed by atoms with Crippen LogP contribution in [0.15, 0.2) is 42.5 Å². The number of amides is 2. The molecule has 0 bridgehead atoms. The van der Waals surface area contributed by atoms with E-state index in [0.29, 0.717) is 30.8 Å². The van der Waals surface area contributed by atoms with E-state index >= 15 is 0 Å². The molecular formula is C21H21FN2O3. The maximum absolute atomic E-state index is 13.5. The third-order valence-corrected chi connectivity index (χ3v) is 5.00. The third kappa shape index (κ3) is 3.71. The Balaban J connectivity index is 1.54. The van der Waals surface area contributed by atoms with Gasteiger partial charge in [-0.25, -0.2) is 4.39 Å². The molecule has 2 aliphatic rings. The van der Waals surface area contributed by atoms with Crippen LogP contribution in [0.4, 0.5) is 15.8 Å². The van der Waals surface area contributed by atoms with Crippen molar-refractivity contribution in [2.75, 3.05) is 23.4 Å². The van der Waals surface area contributed by atoms with Crippen LogP contribution in [0.2, 0.25) is 0 Å². The first-order valence-corrected chi connectivity index (χ1v) is 9.24. The van der Waals surface area contributed by atoms with Crippen LogP contribution in [0.3, 0.4) is 0 Å². The Labute approximate surface area is 157 Å². The van der Waals surface area contributed by atoms with Gasteiger partial charge in [-0.15, -0.1) is 0 Å². The van der Waals surface area contributed by atoms with Gasteiger partial charge in [-0.3, -0.25) is 9.59 Å². The minimum atomic E-state index is -0.423.